The van der Waals surface area contributed by atoms with E-state index in [-0.39, 0.29) is 29.3 Å². The van der Waals surface area contributed by atoms with Crippen LogP contribution in [0.1, 0.15) is 18.4 Å². The predicted molar refractivity (Wildman–Crippen MR) is 126 cm³/mol. The first-order chi connectivity index (χ1) is 17.3. The molecule has 0 saturated carbocycles. The van der Waals surface area contributed by atoms with Gasteiger partial charge in [-0.25, -0.2) is 0 Å². The van der Waals surface area contributed by atoms with E-state index in [2.05, 4.69) is 15.2 Å². The minimum Gasteiger partial charge on any atom is -0.481 e. The van der Waals surface area contributed by atoms with Crippen LogP contribution >= 0.6 is 0 Å². The Hall–Kier alpha value is -4.47. The van der Waals surface area contributed by atoms with Gasteiger partial charge >= 0.3 is 12.1 Å². The maximum absolute atomic E-state index is 13.9. The van der Waals surface area contributed by atoms with Crippen molar-refractivity contribution in [3.8, 4) is 34.0 Å². The summed E-state index contributed by atoms with van der Waals surface area (Å²) in [4.78, 5) is 15.2. The summed E-state index contributed by atoms with van der Waals surface area (Å²) in [5, 5.41) is 17.9. The lowest BCUT2D eigenvalue weighted by Gasteiger charge is -2.14. The maximum Gasteiger partial charge on any atom is 0.417 e. The van der Waals surface area contributed by atoms with Gasteiger partial charge in [0, 0.05) is 29.5 Å². The molecule has 10 heteroatoms. The zero-order valence-electron chi connectivity index (χ0n) is 18.7. The molecular weight excluding hydrogens is 473 g/mol. The molecule has 0 aliphatic carbocycles. The van der Waals surface area contributed by atoms with E-state index in [1.807, 2.05) is 6.07 Å². The summed E-state index contributed by atoms with van der Waals surface area (Å²) in [7, 11) is 0. The number of hydrogen-bond acceptors (Lipinski definition) is 5. The second kappa shape index (κ2) is 9.29. The van der Waals surface area contributed by atoms with E-state index in [9.17, 15) is 18.0 Å². The zero-order chi connectivity index (χ0) is 25.3. The van der Waals surface area contributed by atoms with E-state index in [0.717, 1.165) is 17.0 Å². The molecule has 182 valence electrons. The molecule has 0 radical (unpaired) electrons. The van der Waals surface area contributed by atoms with E-state index in [1.165, 1.54) is 12.1 Å². The number of alkyl halides is 3. The van der Waals surface area contributed by atoms with Crippen LogP contribution in [-0.4, -0.2) is 31.0 Å². The average molecular weight is 492 g/mol. The molecule has 0 amide bonds. The largest absolute Gasteiger partial charge is 0.481 e. The number of rotatable bonds is 7. The van der Waals surface area contributed by atoms with Crippen molar-refractivity contribution in [2.75, 3.05) is 0 Å². The molecule has 5 aromatic rings. The molecule has 0 spiro atoms. The lowest BCUT2D eigenvalue weighted by atomic mass is 9.97. The summed E-state index contributed by atoms with van der Waals surface area (Å²) in [6.45, 7) is 0.421. The van der Waals surface area contributed by atoms with Gasteiger partial charge in [0.25, 0.3) is 5.89 Å². The number of hydrogen-bond donors (Lipinski definition) is 1. The number of aryl methyl sites for hydroxylation is 1. The second-order valence-corrected chi connectivity index (χ2v) is 8.15. The number of aliphatic carboxylic acids is 1. The number of carboxylic acid groups (broad SMARTS) is 1. The Morgan fingerprint density at radius 1 is 0.972 bits per heavy atom. The van der Waals surface area contributed by atoms with Crippen molar-refractivity contribution < 1.29 is 27.6 Å². The molecule has 0 bridgehead atoms. The molecule has 3 aromatic carbocycles. The van der Waals surface area contributed by atoms with Crippen molar-refractivity contribution in [2.45, 2.75) is 25.6 Å². The molecular formula is C26H19F3N4O3. The molecule has 1 N–H and O–H groups in total. The van der Waals surface area contributed by atoms with Crippen LogP contribution in [0.4, 0.5) is 13.2 Å². The fourth-order valence-corrected chi connectivity index (χ4v) is 4.09. The van der Waals surface area contributed by atoms with E-state index in [4.69, 9.17) is 9.63 Å². The van der Waals surface area contributed by atoms with Crippen molar-refractivity contribution in [2.24, 2.45) is 0 Å². The van der Waals surface area contributed by atoms with Gasteiger partial charge < -0.3 is 9.63 Å². The number of nitrogens with zero attached hydrogens (tertiary/aromatic N) is 4. The van der Waals surface area contributed by atoms with Crippen LogP contribution in [0.15, 0.2) is 77.4 Å². The standard InChI is InChI=1S/C26H19F3N4O3/c27-26(28,29)21-14-17(11-12-18(21)16-6-2-1-3-7-16)25-31-24(32-36-25)19-8-4-9-22-20(19)15-30-33(22)13-5-10-23(34)35/h1-4,6-9,11-12,14-15H,5,10,13H2,(H,34,35). The Balaban J connectivity index is 1.49. The lowest BCUT2D eigenvalue weighted by Crippen LogP contribution is -2.07. The topological polar surface area (TPSA) is 94.0 Å². The van der Waals surface area contributed by atoms with Crippen LogP contribution in [0.2, 0.25) is 0 Å². The van der Waals surface area contributed by atoms with Gasteiger partial charge in [-0.05, 0) is 35.7 Å². The number of halogens is 3. The molecule has 2 aromatic heterocycles. The highest BCUT2D eigenvalue weighted by Gasteiger charge is 2.34. The van der Waals surface area contributed by atoms with Crippen LogP contribution in [0, 0.1) is 0 Å². The van der Waals surface area contributed by atoms with Gasteiger partial charge in [0.2, 0.25) is 5.82 Å². The van der Waals surface area contributed by atoms with Crippen LogP contribution in [0.25, 0.3) is 44.9 Å². The first kappa shape index (κ1) is 23.3. The third kappa shape index (κ3) is 4.57. The molecule has 36 heavy (non-hydrogen) atoms. The Kier molecular flexibility index (Phi) is 6.01. The smallest absolute Gasteiger partial charge is 0.417 e. The number of carboxylic acids is 1. The van der Waals surface area contributed by atoms with E-state index >= 15 is 0 Å². The van der Waals surface area contributed by atoms with Crippen LogP contribution in [0.3, 0.4) is 0 Å². The van der Waals surface area contributed by atoms with Crippen LogP contribution in [-0.2, 0) is 17.5 Å². The number of benzene rings is 3. The minimum absolute atomic E-state index is 0.0260. The van der Waals surface area contributed by atoms with Gasteiger partial charge in [0.05, 0.1) is 17.3 Å². The summed E-state index contributed by atoms with van der Waals surface area (Å²) in [6, 6.07) is 17.7. The van der Waals surface area contributed by atoms with Gasteiger partial charge in [0.15, 0.2) is 0 Å². The number of carbonyl (C=O) groups is 1. The fraction of sp³-hybridized carbons (Fsp3) is 0.154. The van der Waals surface area contributed by atoms with Gasteiger partial charge in [0.1, 0.15) is 0 Å². The molecule has 2 heterocycles. The first-order valence-corrected chi connectivity index (χ1v) is 11.1. The highest BCUT2D eigenvalue weighted by molar-refractivity contribution is 5.93. The normalized spacial score (nSPS) is 11.8. The van der Waals surface area contributed by atoms with Crippen molar-refractivity contribution >= 4 is 16.9 Å². The summed E-state index contributed by atoms with van der Waals surface area (Å²) in [5.74, 6) is -0.709. The summed E-state index contributed by atoms with van der Waals surface area (Å²) < 4.78 is 48.7. The summed E-state index contributed by atoms with van der Waals surface area (Å²) in [5.41, 5.74) is 1.23. The molecule has 0 aliphatic rings. The molecule has 0 aliphatic heterocycles. The quantitative estimate of drug-likeness (QED) is 0.286. The monoisotopic (exact) mass is 492 g/mol. The van der Waals surface area contributed by atoms with Gasteiger partial charge in [-0.1, -0.05) is 53.7 Å². The highest BCUT2D eigenvalue weighted by atomic mass is 19.4. The van der Waals surface area contributed by atoms with E-state index in [1.54, 1.807) is 53.3 Å². The van der Waals surface area contributed by atoms with Crippen molar-refractivity contribution in [1.29, 1.82) is 0 Å². The Morgan fingerprint density at radius 2 is 1.78 bits per heavy atom. The predicted octanol–water partition coefficient (Wildman–Crippen LogP) is 6.30. The maximum atomic E-state index is 13.9. The first-order valence-electron chi connectivity index (χ1n) is 11.1. The second-order valence-electron chi connectivity index (χ2n) is 8.15. The fourth-order valence-electron chi connectivity index (χ4n) is 4.09. The summed E-state index contributed by atoms with van der Waals surface area (Å²) in [6.07, 6.45) is -2.51. The Labute approximate surface area is 202 Å². The average Bonchev–Trinajstić information content (AvgIpc) is 3.51. The Bertz CT molecular complexity index is 1540. The van der Waals surface area contributed by atoms with Crippen molar-refractivity contribution in [3.63, 3.8) is 0 Å². The van der Waals surface area contributed by atoms with Gasteiger partial charge in [-0.15, -0.1) is 0 Å². The van der Waals surface area contributed by atoms with Gasteiger partial charge in [-0.3, -0.25) is 9.48 Å². The minimum atomic E-state index is -4.58. The highest BCUT2D eigenvalue weighted by Crippen LogP contribution is 2.39. The summed E-state index contributed by atoms with van der Waals surface area (Å²) >= 11 is 0. The number of aromatic nitrogens is 4. The molecule has 0 fully saturated rings. The van der Waals surface area contributed by atoms with Crippen molar-refractivity contribution in [1.82, 2.24) is 19.9 Å². The van der Waals surface area contributed by atoms with Gasteiger partial charge in [-0.2, -0.15) is 23.3 Å². The third-order valence-electron chi connectivity index (χ3n) is 5.77. The van der Waals surface area contributed by atoms with Crippen LogP contribution in [0.5, 0.6) is 0 Å². The molecule has 7 nitrogen and oxygen atoms in total. The SMILES string of the molecule is O=C(O)CCCn1ncc2c(-c3noc(-c4ccc(-c5ccccc5)c(C(F)(F)F)c4)n3)cccc21. The zero-order valence-corrected chi connectivity index (χ0v) is 18.7. The van der Waals surface area contributed by atoms with E-state index in [0.29, 0.717) is 24.1 Å². The molecule has 0 atom stereocenters. The lowest BCUT2D eigenvalue weighted by molar-refractivity contribution is -0.138. The van der Waals surface area contributed by atoms with E-state index < -0.39 is 17.7 Å². The third-order valence-corrected chi connectivity index (χ3v) is 5.77. The number of fused-ring (bicyclic) bond motifs is 1. The molecule has 0 saturated heterocycles. The molecule has 5 rings (SSSR count). The van der Waals surface area contributed by atoms with Crippen LogP contribution < -0.4 is 0 Å². The van der Waals surface area contributed by atoms with Crippen molar-refractivity contribution in [3.05, 3.63) is 78.5 Å². The Morgan fingerprint density at radius 3 is 2.53 bits per heavy atom. The molecule has 0 unspecified atom stereocenters.